The monoisotopic (exact) mass is 232 g/mol. The number of halogens is 1. The molecular formula is C14H17FN2. The maximum atomic E-state index is 13.1. The Hall–Kier alpha value is -1.35. The first-order chi connectivity index (χ1) is 8.25. The minimum absolute atomic E-state index is 0.0803. The van der Waals surface area contributed by atoms with Crippen molar-refractivity contribution in [3.63, 3.8) is 0 Å². The van der Waals surface area contributed by atoms with Gasteiger partial charge in [-0.2, -0.15) is 0 Å². The second-order valence-corrected chi connectivity index (χ2v) is 5.00. The molecule has 1 saturated carbocycles. The fourth-order valence-corrected chi connectivity index (χ4v) is 2.97. The molecule has 3 heteroatoms. The van der Waals surface area contributed by atoms with Crippen LogP contribution in [0.4, 0.5) is 4.39 Å². The first kappa shape index (κ1) is 10.8. The summed E-state index contributed by atoms with van der Waals surface area (Å²) in [6.07, 6.45) is 6.95. The molecule has 0 radical (unpaired) electrons. The molecule has 90 valence electrons. The topological polar surface area (TPSA) is 41.8 Å². The maximum Gasteiger partial charge on any atom is 0.125 e. The third kappa shape index (κ3) is 1.84. The summed E-state index contributed by atoms with van der Waals surface area (Å²) in [5.41, 5.74) is 8.31. The number of aromatic amines is 1. The molecule has 2 nitrogen and oxygen atoms in total. The largest absolute Gasteiger partial charge is 0.361 e. The van der Waals surface area contributed by atoms with Crippen LogP contribution in [-0.2, 0) is 0 Å². The summed E-state index contributed by atoms with van der Waals surface area (Å²) >= 11 is 0. The molecule has 1 aliphatic carbocycles. The summed E-state index contributed by atoms with van der Waals surface area (Å²) in [6, 6.07) is 4.93. The average molecular weight is 232 g/mol. The van der Waals surface area contributed by atoms with Crippen LogP contribution >= 0.6 is 0 Å². The molecule has 1 atom stereocenters. The number of hydrogen-bond donors (Lipinski definition) is 2. The molecule has 0 spiro atoms. The van der Waals surface area contributed by atoms with E-state index in [9.17, 15) is 4.39 Å². The van der Waals surface area contributed by atoms with Gasteiger partial charge in [-0.05, 0) is 42.5 Å². The highest BCUT2D eigenvalue weighted by Crippen LogP contribution is 2.36. The van der Waals surface area contributed by atoms with Crippen LogP contribution in [0.25, 0.3) is 10.9 Å². The number of nitrogens with two attached hydrogens (primary N) is 1. The second-order valence-electron chi connectivity index (χ2n) is 5.00. The molecule has 0 amide bonds. The summed E-state index contributed by atoms with van der Waals surface area (Å²) in [6.45, 7) is 0. The van der Waals surface area contributed by atoms with Gasteiger partial charge in [0, 0.05) is 23.1 Å². The molecule has 0 aliphatic heterocycles. The number of benzene rings is 1. The van der Waals surface area contributed by atoms with E-state index < -0.39 is 0 Å². The fourth-order valence-electron chi connectivity index (χ4n) is 2.97. The SMILES string of the molecule is NC(c1c[nH]c2cc(F)ccc12)C1CCCC1. The third-order valence-corrected chi connectivity index (χ3v) is 3.94. The average Bonchev–Trinajstić information content (AvgIpc) is 2.96. The first-order valence-corrected chi connectivity index (χ1v) is 6.28. The predicted molar refractivity (Wildman–Crippen MR) is 67.1 cm³/mol. The van der Waals surface area contributed by atoms with Gasteiger partial charge in [-0.3, -0.25) is 0 Å². The van der Waals surface area contributed by atoms with Gasteiger partial charge in [0.25, 0.3) is 0 Å². The van der Waals surface area contributed by atoms with Gasteiger partial charge >= 0.3 is 0 Å². The highest BCUT2D eigenvalue weighted by molar-refractivity contribution is 5.83. The van der Waals surface area contributed by atoms with Gasteiger partial charge in [-0.15, -0.1) is 0 Å². The number of H-pyrrole nitrogens is 1. The molecule has 1 aliphatic rings. The Labute approximate surface area is 100 Å². The zero-order chi connectivity index (χ0) is 11.8. The zero-order valence-electron chi connectivity index (χ0n) is 9.75. The van der Waals surface area contributed by atoms with E-state index in [0.717, 1.165) is 16.5 Å². The van der Waals surface area contributed by atoms with E-state index in [2.05, 4.69) is 4.98 Å². The Morgan fingerprint density at radius 1 is 1.29 bits per heavy atom. The van der Waals surface area contributed by atoms with Crippen molar-refractivity contribution in [2.45, 2.75) is 31.7 Å². The van der Waals surface area contributed by atoms with Gasteiger partial charge in [-0.25, -0.2) is 4.39 Å². The summed E-state index contributed by atoms with van der Waals surface area (Å²) in [5.74, 6) is 0.374. The quantitative estimate of drug-likeness (QED) is 0.817. The minimum atomic E-state index is -0.208. The van der Waals surface area contributed by atoms with Crippen molar-refractivity contribution >= 4 is 10.9 Å². The molecule has 1 heterocycles. The van der Waals surface area contributed by atoms with Crippen molar-refractivity contribution in [3.05, 3.63) is 35.8 Å². The Morgan fingerprint density at radius 2 is 2.06 bits per heavy atom. The summed E-state index contributed by atoms with van der Waals surface area (Å²) in [5, 5.41) is 1.06. The molecule has 1 aromatic heterocycles. The van der Waals surface area contributed by atoms with E-state index in [1.165, 1.54) is 37.8 Å². The molecule has 3 rings (SSSR count). The number of aromatic nitrogens is 1. The Kier molecular flexibility index (Phi) is 2.63. The highest BCUT2D eigenvalue weighted by atomic mass is 19.1. The van der Waals surface area contributed by atoms with Crippen LogP contribution in [-0.4, -0.2) is 4.98 Å². The van der Waals surface area contributed by atoms with Crippen LogP contribution in [0.1, 0.15) is 37.3 Å². The van der Waals surface area contributed by atoms with Crippen LogP contribution < -0.4 is 5.73 Å². The highest BCUT2D eigenvalue weighted by Gasteiger charge is 2.25. The van der Waals surface area contributed by atoms with E-state index in [-0.39, 0.29) is 11.9 Å². The fraction of sp³-hybridized carbons (Fsp3) is 0.429. The van der Waals surface area contributed by atoms with Crippen LogP contribution in [0, 0.1) is 11.7 Å². The van der Waals surface area contributed by atoms with Crippen molar-refractivity contribution < 1.29 is 4.39 Å². The van der Waals surface area contributed by atoms with Gasteiger partial charge in [0.05, 0.1) is 0 Å². The molecule has 1 fully saturated rings. The van der Waals surface area contributed by atoms with E-state index >= 15 is 0 Å². The molecule has 0 bridgehead atoms. The standard InChI is InChI=1S/C14H17FN2/c15-10-5-6-11-12(8-17-13(11)7-10)14(16)9-3-1-2-4-9/h5-9,14,17H,1-4,16H2. The molecule has 1 aromatic carbocycles. The first-order valence-electron chi connectivity index (χ1n) is 6.28. The molecule has 17 heavy (non-hydrogen) atoms. The summed E-state index contributed by atoms with van der Waals surface area (Å²) < 4.78 is 13.1. The number of hydrogen-bond acceptors (Lipinski definition) is 1. The van der Waals surface area contributed by atoms with Crippen molar-refractivity contribution in [2.75, 3.05) is 0 Å². The van der Waals surface area contributed by atoms with Crippen molar-refractivity contribution in [1.29, 1.82) is 0 Å². The lowest BCUT2D eigenvalue weighted by Gasteiger charge is -2.18. The molecular weight excluding hydrogens is 215 g/mol. The van der Waals surface area contributed by atoms with Gasteiger partial charge in [0.1, 0.15) is 5.82 Å². The maximum absolute atomic E-state index is 13.1. The minimum Gasteiger partial charge on any atom is -0.361 e. The van der Waals surface area contributed by atoms with Crippen molar-refractivity contribution in [3.8, 4) is 0 Å². The van der Waals surface area contributed by atoms with Crippen molar-refractivity contribution in [1.82, 2.24) is 4.98 Å². The molecule has 0 saturated heterocycles. The van der Waals surface area contributed by atoms with E-state index in [4.69, 9.17) is 5.73 Å². The Balaban J connectivity index is 1.99. The number of rotatable bonds is 2. The number of nitrogens with one attached hydrogen (secondary N) is 1. The predicted octanol–water partition coefficient (Wildman–Crippen LogP) is 3.50. The van der Waals surface area contributed by atoms with Crippen LogP contribution in [0.2, 0.25) is 0 Å². The van der Waals surface area contributed by atoms with E-state index in [1.807, 2.05) is 12.3 Å². The zero-order valence-corrected chi connectivity index (χ0v) is 9.75. The Morgan fingerprint density at radius 3 is 2.82 bits per heavy atom. The Bertz CT molecular complexity index is 526. The molecule has 2 aromatic rings. The van der Waals surface area contributed by atoms with E-state index in [1.54, 1.807) is 0 Å². The van der Waals surface area contributed by atoms with Gasteiger partial charge in [0.15, 0.2) is 0 Å². The van der Waals surface area contributed by atoms with Crippen molar-refractivity contribution in [2.24, 2.45) is 11.7 Å². The molecule has 1 unspecified atom stereocenters. The lowest BCUT2D eigenvalue weighted by Crippen LogP contribution is -2.18. The van der Waals surface area contributed by atoms with Gasteiger partial charge < -0.3 is 10.7 Å². The summed E-state index contributed by atoms with van der Waals surface area (Å²) in [4.78, 5) is 3.11. The summed E-state index contributed by atoms with van der Waals surface area (Å²) in [7, 11) is 0. The van der Waals surface area contributed by atoms with Crippen LogP contribution in [0.15, 0.2) is 24.4 Å². The van der Waals surface area contributed by atoms with E-state index in [0.29, 0.717) is 5.92 Å². The van der Waals surface area contributed by atoms with Gasteiger partial charge in [0.2, 0.25) is 0 Å². The second kappa shape index (κ2) is 4.15. The lowest BCUT2D eigenvalue weighted by atomic mass is 9.92. The van der Waals surface area contributed by atoms with Crippen LogP contribution in [0.5, 0.6) is 0 Å². The normalized spacial score (nSPS) is 18.9. The van der Waals surface area contributed by atoms with Gasteiger partial charge in [-0.1, -0.05) is 12.8 Å². The smallest absolute Gasteiger partial charge is 0.125 e. The third-order valence-electron chi connectivity index (χ3n) is 3.94. The molecule has 3 N–H and O–H groups in total. The lowest BCUT2D eigenvalue weighted by molar-refractivity contribution is 0.447. The number of fused-ring (bicyclic) bond motifs is 1. The van der Waals surface area contributed by atoms with Crippen LogP contribution in [0.3, 0.4) is 0 Å².